The van der Waals surface area contributed by atoms with E-state index in [0.717, 1.165) is 45.3 Å². The molecule has 0 aliphatic carbocycles. The molecular formula is C40H46N4O7. The Morgan fingerprint density at radius 2 is 0.824 bits per heavy atom. The molecule has 0 unspecified atom stereocenters. The number of benzene rings is 4. The van der Waals surface area contributed by atoms with Gasteiger partial charge in [-0.1, -0.05) is 48.5 Å². The van der Waals surface area contributed by atoms with Gasteiger partial charge in [0, 0.05) is 39.3 Å². The van der Waals surface area contributed by atoms with E-state index in [-0.39, 0.29) is 37.4 Å². The Morgan fingerprint density at radius 3 is 1.12 bits per heavy atom. The summed E-state index contributed by atoms with van der Waals surface area (Å²) in [7, 11) is 6.46. The van der Waals surface area contributed by atoms with Gasteiger partial charge >= 0.3 is 0 Å². The fraction of sp³-hybridized carbons (Fsp3) is 0.325. The molecule has 1 fully saturated rings. The first-order chi connectivity index (χ1) is 24.8. The van der Waals surface area contributed by atoms with E-state index < -0.39 is 0 Å². The molecule has 5 rings (SSSR count). The average Bonchev–Trinajstić information content (AvgIpc) is 3.16. The third-order valence-electron chi connectivity index (χ3n) is 8.92. The number of piperazine rings is 1. The maximum atomic E-state index is 13.8. The van der Waals surface area contributed by atoms with E-state index in [9.17, 15) is 14.4 Å². The van der Waals surface area contributed by atoms with Crippen molar-refractivity contribution in [2.75, 3.05) is 61.2 Å². The van der Waals surface area contributed by atoms with E-state index in [1.807, 2.05) is 102 Å². The Morgan fingerprint density at radius 1 is 0.510 bits per heavy atom. The molecule has 268 valence electrons. The molecule has 0 bridgehead atoms. The number of carbonyl (C=O) groups excluding carboxylic acids is 3. The molecule has 0 saturated carbocycles. The molecule has 4 aromatic carbocycles. The predicted octanol–water partition coefficient (Wildman–Crippen LogP) is 4.62. The molecule has 51 heavy (non-hydrogen) atoms. The van der Waals surface area contributed by atoms with Gasteiger partial charge in [-0.15, -0.1) is 0 Å². The molecule has 0 aromatic heterocycles. The zero-order valence-electron chi connectivity index (χ0n) is 29.7. The maximum absolute atomic E-state index is 13.8. The smallest absolute Gasteiger partial charge is 0.242 e. The van der Waals surface area contributed by atoms with E-state index in [2.05, 4.69) is 0 Å². The summed E-state index contributed by atoms with van der Waals surface area (Å²) in [4.78, 5) is 48.0. The molecular weight excluding hydrogens is 648 g/mol. The van der Waals surface area contributed by atoms with Crippen LogP contribution in [0, 0.1) is 0 Å². The zero-order chi connectivity index (χ0) is 36.2. The zero-order valence-corrected chi connectivity index (χ0v) is 29.7. The van der Waals surface area contributed by atoms with Crippen LogP contribution in [0.5, 0.6) is 23.0 Å². The first-order valence-electron chi connectivity index (χ1n) is 16.8. The molecule has 1 heterocycles. The quantitative estimate of drug-likeness (QED) is 0.168. The first-order valence-corrected chi connectivity index (χ1v) is 16.8. The molecule has 1 aliphatic rings. The van der Waals surface area contributed by atoms with E-state index in [1.165, 1.54) is 0 Å². The summed E-state index contributed by atoms with van der Waals surface area (Å²) in [5.41, 5.74) is 3.82. The molecule has 4 aromatic rings. The summed E-state index contributed by atoms with van der Waals surface area (Å²) in [6.45, 7) is 2.44. The molecule has 0 atom stereocenters. The number of carbonyl (C=O) groups is 3. The van der Waals surface area contributed by atoms with Crippen LogP contribution in [-0.2, 0) is 40.6 Å². The van der Waals surface area contributed by atoms with Crippen LogP contribution in [0.4, 0.5) is 0 Å². The van der Waals surface area contributed by atoms with E-state index in [1.54, 1.807) is 43.1 Å². The largest absolute Gasteiger partial charge is 0.497 e. The number of amides is 3. The van der Waals surface area contributed by atoms with Gasteiger partial charge in [0.15, 0.2) is 0 Å². The molecule has 3 amide bonds. The number of hydrogen-bond donors (Lipinski definition) is 0. The van der Waals surface area contributed by atoms with Gasteiger partial charge in [-0.05, 0) is 70.8 Å². The maximum Gasteiger partial charge on any atom is 0.242 e. The van der Waals surface area contributed by atoms with Crippen molar-refractivity contribution in [3.63, 3.8) is 0 Å². The molecule has 0 spiro atoms. The van der Waals surface area contributed by atoms with Crippen molar-refractivity contribution in [3.05, 3.63) is 119 Å². The standard InChI is InChI=1S/C40H46N4O7/c1-48-34-13-5-30(6-14-34)23-43(24-31-7-15-35(49-2)16-8-31)39(46)28-41-21-22-42(38(45)27-41)29-40(47)44(25-32-9-17-36(50-3)18-10-32)26-33-11-19-37(51-4)20-12-33/h5-20H,21-29H2,1-4H3. The first kappa shape index (κ1) is 36.7. The number of ether oxygens (including phenoxy) is 4. The van der Waals surface area contributed by atoms with Crippen LogP contribution in [0.2, 0.25) is 0 Å². The Kier molecular flexibility index (Phi) is 12.9. The molecule has 0 N–H and O–H groups in total. The minimum Gasteiger partial charge on any atom is -0.497 e. The minimum absolute atomic E-state index is 0.0476. The highest BCUT2D eigenvalue weighted by Crippen LogP contribution is 2.20. The third kappa shape index (κ3) is 10.5. The van der Waals surface area contributed by atoms with Crippen molar-refractivity contribution in [2.45, 2.75) is 26.2 Å². The lowest BCUT2D eigenvalue weighted by Gasteiger charge is -2.36. The second-order valence-electron chi connectivity index (χ2n) is 12.4. The van der Waals surface area contributed by atoms with E-state index in [0.29, 0.717) is 39.3 Å². The van der Waals surface area contributed by atoms with Crippen LogP contribution in [0.15, 0.2) is 97.1 Å². The SMILES string of the molecule is COc1ccc(CN(Cc2ccc(OC)cc2)C(=O)CN2CCN(CC(=O)N(Cc3ccc(OC)cc3)Cc3ccc(OC)cc3)C(=O)C2)cc1. The normalized spacial score (nSPS) is 13.0. The Labute approximate surface area is 299 Å². The summed E-state index contributed by atoms with van der Waals surface area (Å²) in [5.74, 6) is 2.51. The molecule has 11 heteroatoms. The lowest BCUT2D eigenvalue weighted by Crippen LogP contribution is -2.55. The second kappa shape index (κ2) is 17.9. The number of nitrogens with zero attached hydrogens (tertiary/aromatic N) is 4. The van der Waals surface area contributed by atoms with Crippen molar-refractivity contribution in [2.24, 2.45) is 0 Å². The average molecular weight is 695 g/mol. The number of hydrogen-bond acceptors (Lipinski definition) is 8. The van der Waals surface area contributed by atoms with E-state index >= 15 is 0 Å². The summed E-state index contributed by atoms with van der Waals surface area (Å²) in [6, 6.07) is 30.5. The van der Waals surface area contributed by atoms with Gasteiger partial charge in [-0.2, -0.15) is 0 Å². The van der Waals surface area contributed by atoms with Gasteiger partial charge in [0.1, 0.15) is 23.0 Å². The van der Waals surface area contributed by atoms with Crippen LogP contribution >= 0.6 is 0 Å². The fourth-order valence-corrected chi connectivity index (χ4v) is 5.88. The van der Waals surface area contributed by atoms with Gasteiger partial charge in [0.05, 0.1) is 48.1 Å². The predicted molar refractivity (Wildman–Crippen MR) is 194 cm³/mol. The van der Waals surface area contributed by atoms with E-state index in [4.69, 9.17) is 18.9 Å². The van der Waals surface area contributed by atoms with Gasteiger partial charge in [-0.3, -0.25) is 19.3 Å². The van der Waals surface area contributed by atoms with Crippen molar-refractivity contribution in [3.8, 4) is 23.0 Å². The number of methoxy groups -OCH3 is 4. The Bertz CT molecular complexity index is 1630. The molecule has 0 radical (unpaired) electrons. The summed E-state index contributed by atoms with van der Waals surface area (Å²) >= 11 is 0. The second-order valence-corrected chi connectivity index (χ2v) is 12.4. The van der Waals surface area contributed by atoms with Gasteiger partial charge in [0.25, 0.3) is 0 Å². The van der Waals surface area contributed by atoms with Crippen molar-refractivity contribution in [1.82, 2.24) is 19.6 Å². The monoisotopic (exact) mass is 694 g/mol. The van der Waals surface area contributed by atoms with Crippen LogP contribution in [0.3, 0.4) is 0 Å². The lowest BCUT2D eigenvalue weighted by atomic mass is 10.1. The number of rotatable bonds is 16. The fourth-order valence-electron chi connectivity index (χ4n) is 5.88. The lowest BCUT2D eigenvalue weighted by molar-refractivity contribution is -0.145. The van der Waals surface area contributed by atoms with Crippen LogP contribution in [0.1, 0.15) is 22.3 Å². The van der Waals surface area contributed by atoms with Crippen LogP contribution in [-0.4, -0.2) is 98.5 Å². The van der Waals surface area contributed by atoms with Gasteiger partial charge in [-0.25, -0.2) is 0 Å². The van der Waals surface area contributed by atoms with Crippen molar-refractivity contribution >= 4 is 17.7 Å². The van der Waals surface area contributed by atoms with Crippen LogP contribution in [0.25, 0.3) is 0 Å². The van der Waals surface area contributed by atoms with Crippen molar-refractivity contribution < 1.29 is 33.3 Å². The molecule has 1 aliphatic heterocycles. The minimum atomic E-state index is -0.187. The van der Waals surface area contributed by atoms with Crippen molar-refractivity contribution in [1.29, 1.82) is 0 Å². The summed E-state index contributed by atoms with van der Waals surface area (Å²) in [5, 5.41) is 0. The third-order valence-corrected chi connectivity index (χ3v) is 8.92. The Hall–Kier alpha value is -5.55. The summed E-state index contributed by atoms with van der Waals surface area (Å²) in [6.07, 6.45) is 0. The highest BCUT2D eigenvalue weighted by atomic mass is 16.5. The van der Waals surface area contributed by atoms with Gasteiger partial charge < -0.3 is 33.6 Å². The topological polar surface area (TPSA) is 101 Å². The van der Waals surface area contributed by atoms with Crippen LogP contribution < -0.4 is 18.9 Å². The molecule has 1 saturated heterocycles. The highest BCUT2D eigenvalue weighted by Gasteiger charge is 2.29. The molecule has 11 nitrogen and oxygen atoms in total. The Balaban J connectivity index is 1.22. The highest BCUT2D eigenvalue weighted by molar-refractivity contribution is 5.87. The van der Waals surface area contributed by atoms with Gasteiger partial charge in [0.2, 0.25) is 17.7 Å². The summed E-state index contributed by atoms with van der Waals surface area (Å²) < 4.78 is 21.2.